The maximum absolute atomic E-state index is 11.7. The van der Waals surface area contributed by atoms with Crippen molar-refractivity contribution in [2.45, 2.75) is 26.3 Å². The molecule has 4 heteroatoms. The monoisotopic (exact) mass is 263 g/mol. The normalized spacial score (nSPS) is 18.4. The minimum absolute atomic E-state index is 0.194. The highest BCUT2D eigenvalue weighted by molar-refractivity contribution is 5.76. The lowest BCUT2D eigenvalue weighted by Crippen LogP contribution is -2.39. The fraction of sp³-hybridized carbons (Fsp3) is 0.533. The van der Waals surface area contributed by atoms with Gasteiger partial charge in [-0.15, -0.1) is 0 Å². The average Bonchev–Trinajstić information content (AvgIpc) is 2.44. The number of esters is 1. The van der Waals surface area contributed by atoms with E-state index in [4.69, 9.17) is 9.47 Å². The van der Waals surface area contributed by atoms with E-state index in [0.717, 1.165) is 17.7 Å². The molecule has 0 bridgehead atoms. The Labute approximate surface area is 114 Å². The molecular weight excluding hydrogens is 242 g/mol. The molecule has 19 heavy (non-hydrogen) atoms. The van der Waals surface area contributed by atoms with E-state index in [0.29, 0.717) is 13.2 Å². The summed E-state index contributed by atoms with van der Waals surface area (Å²) in [5.41, 5.74) is 0.636. The second-order valence-corrected chi connectivity index (χ2v) is 5.48. The Hall–Kier alpha value is -1.55. The number of nitrogens with one attached hydrogen (secondary N) is 1. The fourth-order valence-corrected chi connectivity index (χ4v) is 2.28. The van der Waals surface area contributed by atoms with Crippen LogP contribution in [0.1, 0.15) is 31.9 Å². The van der Waals surface area contributed by atoms with Gasteiger partial charge in [0.05, 0.1) is 19.1 Å². The van der Waals surface area contributed by atoms with E-state index in [9.17, 15) is 4.79 Å². The number of carbonyl (C=O) groups is 1. The van der Waals surface area contributed by atoms with E-state index in [-0.39, 0.29) is 12.0 Å². The summed E-state index contributed by atoms with van der Waals surface area (Å²) < 4.78 is 10.4. The van der Waals surface area contributed by atoms with Crippen molar-refractivity contribution in [2.75, 3.05) is 20.3 Å². The zero-order chi connectivity index (χ0) is 13.9. The van der Waals surface area contributed by atoms with Gasteiger partial charge < -0.3 is 14.8 Å². The maximum atomic E-state index is 11.7. The molecule has 0 saturated heterocycles. The van der Waals surface area contributed by atoms with Gasteiger partial charge >= 0.3 is 5.97 Å². The molecule has 104 valence electrons. The molecule has 1 unspecified atom stereocenters. The fourth-order valence-electron chi connectivity index (χ4n) is 2.28. The molecule has 1 atom stereocenters. The summed E-state index contributed by atoms with van der Waals surface area (Å²) in [5, 5.41) is 3.45. The summed E-state index contributed by atoms with van der Waals surface area (Å²) in [5.74, 6) is 0.738. The SMILES string of the molecule is COC(=O)C(C)(C)CNC1CCOc2ccccc21. The van der Waals surface area contributed by atoms with Gasteiger partial charge in [-0.1, -0.05) is 18.2 Å². The van der Waals surface area contributed by atoms with Crippen molar-refractivity contribution < 1.29 is 14.3 Å². The predicted octanol–water partition coefficient (Wildman–Crippen LogP) is 2.30. The average molecular weight is 263 g/mol. The quantitative estimate of drug-likeness (QED) is 0.847. The highest BCUT2D eigenvalue weighted by Crippen LogP contribution is 2.32. The Morgan fingerprint density at radius 1 is 1.47 bits per heavy atom. The summed E-state index contributed by atoms with van der Waals surface area (Å²) >= 11 is 0. The molecule has 1 aliphatic heterocycles. The minimum Gasteiger partial charge on any atom is -0.493 e. The molecule has 0 amide bonds. The minimum atomic E-state index is -0.526. The highest BCUT2D eigenvalue weighted by Gasteiger charge is 2.30. The van der Waals surface area contributed by atoms with E-state index in [2.05, 4.69) is 11.4 Å². The highest BCUT2D eigenvalue weighted by atomic mass is 16.5. The van der Waals surface area contributed by atoms with Gasteiger partial charge in [-0.25, -0.2) is 0 Å². The topological polar surface area (TPSA) is 47.6 Å². The maximum Gasteiger partial charge on any atom is 0.312 e. The molecule has 0 aromatic heterocycles. The number of ether oxygens (including phenoxy) is 2. The largest absolute Gasteiger partial charge is 0.493 e. The second kappa shape index (κ2) is 5.61. The van der Waals surface area contributed by atoms with Gasteiger partial charge in [0.25, 0.3) is 0 Å². The lowest BCUT2D eigenvalue weighted by atomic mass is 9.92. The molecule has 4 nitrogen and oxygen atoms in total. The number of fused-ring (bicyclic) bond motifs is 1. The second-order valence-electron chi connectivity index (χ2n) is 5.48. The Morgan fingerprint density at radius 3 is 2.95 bits per heavy atom. The van der Waals surface area contributed by atoms with E-state index < -0.39 is 5.41 Å². The first-order valence-electron chi connectivity index (χ1n) is 6.58. The number of carbonyl (C=O) groups excluding carboxylic acids is 1. The molecule has 1 aliphatic rings. The van der Waals surface area contributed by atoms with Crippen LogP contribution in [0.5, 0.6) is 5.75 Å². The first-order chi connectivity index (χ1) is 9.04. The molecule has 0 saturated carbocycles. The van der Waals surface area contributed by atoms with Gasteiger partial charge in [0.1, 0.15) is 5.75 Å². The zero-order valence-corrected chi connectivity index (χ0v) is 11.7. The van der Waals surface area contributed by atoms with Crippen LogP contribution in [-0.2, 0) is 9.53 Å². The Balaban J connectivity index is 2.04. The van der Waals surface area contributed by atoms with Gasteiger partial charge in [0.15, 0.2) is 0 Å². The van der Waals surface area contributed by atoms with Crippen LogP contribution in [0.15, 0.2) is 24.3 Å². The first kappa shape index (κ1) is 13.9. The Morgan fingerprint density at radius 2 is 2.21 bits per heavy atom. The van der Waals surface area contributed by atoms with Gasteiger partial charge in [-0.05, 0) is 19.9 Å². The molecule has 0 fully saturated rings. The first-order valence-corrected chi connectivity index (χ1v) is 6.58. The van der Waals surface area contributed by atoms with Crippen molar-refractivity contribution in [3.8, 4) is 5.75 Å². The van der Waals surface area contributed by atoms with Gasteiger partial charge in [0.2, 0.25) is 0 Å². The van der Waals surface area contributed by atoms with Crippen molar-refractivity contribution in [2.24, 2.45) is 5.41 Å². The Bertz CT molecular complexity index is 456. The van der Waals surface area contributed by atoms with Crippen molar-refractivity contribution in [3.63, 3.8) is 0 Å². The summed E-state index contributed by atoms with van der Waals surface area (Å²) in [6.45, 7) is 5.06. The summed E-state index contributed by atoms with van der Waals surface area (Å²) in [6, 6.07) is 8.26. The Kier molecular flexibility index (Phi) is 4.10. The lowest BCUT2D eigenvalue weighted by Gasteiger charge is -2.30. The number of methoxy groups -OCH3 is 1. The summed E-state index contributed by atoms with van der Waals surface area (Å²) in [4.78, 5) is 11.7. The van der Waals surface area contributed by atoms with Crippen molar-refractivity contribution in [3.05, 3.63) is 29.8 Å². The van der Waals surface area contributed by atoms with Gasteiger partial charge in [-0.3, -0.25) is 4.79 Å². The molecule has 1 aromatic carbocycles. The van der Waals surface area contributed by atoms with Crippen LogP contribution in [0.25, 0.3) is 0 Å². The molecule has 2 rings (SSSR count). The van der Waals surface area contributed by atoms with Crippen LogP contribution < -0.4 is 10.1 Å². The van der Waals surface area contributed by atoms with Crippen LogP contribution in [-0.4, -0.2) is 26.2 Å². The van der Waals surface area contributed by atoms with Crippen LogP contribution in [0.2, 0.25) is 0 Å². The summed E-state index contributed by atoms with van der Waals surface area (Å²) in [6.07, 6.45) is 0.911. The molecule has 1 heterocycles. The predicted molar refractivity (Wildman–Crippen MR) is 73.1 cm³/mol. The smallest absolute Gasteiger partial charge is 0.312 e. The molecule has 1 aromatic rings. The number of rotatable bonds is 4. The van der Waals surface area contributed by atoms with Crippen LogP contribution in [0.3, 0.4) is 0 Å². The number of para-hydroxylation sites is 1. The summed E-state index contributed by atoms with van der Waals surface area (Å²) in [7, 11) is 1.42. The number of hydrogen-bond acceptors (Lipinski definition) is 4. The lowest BCUT2D eigenvalue weighted by molar-refractivity contribution is -0.150. The molecule has 0 radical (unpaired) electrons. The van der Waals surface area contributed by atoms with E-state index in [1.807, 2.05) is 32.0 Å². The van der Waals surface area contributed by atoms with Gasteiger partial charge in [-0.2, -0.15) is 0 Å². The van der Waals surface area contributed by atoms with Crippen molar-refractivity contribution >= 4 is 5.97 Å². The van der Waals surface area contributed by atoms with Gasteiger partial charge in [0, 0.05) is 24.6 Å². The third-order valence-electron chi connectivity index (χ3n) is 3.49. The molecule has 0 aliphatic carbocycles. The van der Waals surface area contributed by atoms with E-state index >= 15 is 0 Å². The third-order valence-corrected chi connectivity index (χ3v) is 3.49. The number of hydrogen-bond donors (Lipinski definition) is 1. The van der Waals surface area contributed by atoms with Crippen LogP contribution >= 0.6 is 0 Å². The third kappa shape index (κ3) is 3.07. The zero-order valence-electron chi connectivity index (χ0n) is 11.7. The van der Waals surface area contributed by atoms with Crippen molar-refractivity contribution in [1.82, 2.24) is 5.32 Å². The molecular formula is C15H21NO3. The van der Waals surface area contributed by atoms with Crippen LogP contribution in [0.4, 0.5) is 0 Å². The molecule has 0 spiro atoms. The van der Waals surface area contributed by atoms with Crippen molar-refractivity contribution in [1.29, 1.82) is 0 Å². The van der Waals surface area contributed by atoms with Crippen LogP contribution in [0, 0.1) is 5.41 Å². The molecule has 1 N–H and O–H groups in total. The van der Waals surface area contributed by atoms with E-state index in [1.54, 1.807) is 0 Å². The number of benzene rings is 1. The van der Waals surface area contributed by atoms with E-state index in [1.165, 1.54) is 7.11 Å². The standard InChI is InChI=1S/C15H21NO3/c1-15(2,14(17)18-3)10-16-12-8-9-19-13-7-5-4-6-11(12)13/h4-7,12,16H,8-10H2,1-3H3.